The normalized spacial score (nSPS) is 15.3. The molecule has 10 heteroatoms. The number of aromatic hydroxyl groups is 1. The number of aryl methyl sites for hydroxylation is 1. The number of aliphatic carboxylic acids is 1. The van der Waals surface area contributed by atoms with Crippen LogP contribution in [0, 0.1) is 12.3 Å². The molecule has 0 aliphatic carbocycles. The average Bonchev–Trinajstić information content (AvgIpc) is 3.37. The molecule has 5 aromatic rings. The number of aliphatic hydroxyl groups is 1. The summed E-state index contributed by atoms with van der Waals surface area (Å²) >= 11 is 0. The first kappa shape index (κ1) is 56.7. The molecular formula is C62H80N2O8. The van der Waals surface area contributed by atoms with Crippen LogP contribution in [0.5, 0.6) is 28.7 Å². The van der Waals surface area contributed by atoms with Crippen molar-refractivity contribution in [3.63, 3.8) is 0 Å². The summed E-state index contributed by atoms with van der Waals surface area (Å²) in [4.78, 5) is 35.4. The Morgan fingerprint density at radius 2 is 1.11 bits per heavy atom. The first-order valence-electron chi connectivity index (χ1n) is 26.7. The van der Waals surface area contributed by atoms with E-state index in [1.165, 1.54) is 38.5 Å². The number of carbonyl (C=O) groups is 2. The first-order chi connectivity index (χ1) is 34.9. The SMILES string of the molecule is CCCCCCCCC1(C(=O)O)C(C)=C(Cc2cccc(Oc3ccccc3)c2)N=C(CCC)C1O.CCCCCCCCOC(=O)c1c(C)c(Cc2cccc(Oc3ccccc3)c2)nc(CCC)c1O. The van der Waals surface area contributed by atoms with Crippen LogP contribution in [-0.4, -0.2) is 50.7 Å². The van der Waals surface area contributed by atoms with Crippen LogP contribution in [0.15, 0.2) is 125 Å². The van der Waals surface area contributed by atoms with Crippen LogP contribution >= 0.6 is 0 Å². The molecule has 0 radical (unpaired) electrons. The third-order valence-corrected chi connectivity index (χ3v) is 13.5. The molecule has 0 fully saturated rings. The van der Waals surface area contributed by atoms with E-state index in [-0.39, 0.29) is 11.3 Å². The Morgan fingerprint density at radius 3 is 1.65 bits per heavy atom. The number of nitrogens with zero attached hydrogens (tertiary/aromatic N) is 2. The molecule has 72 heavy (non-hydrogen) atoms. The standard InChI is InChI=1S/C31H41NO4.C31H39NO4/c1-4-6-7-8-9-13-20-31(30(34)35)23(3)28(32-27(15-5-2)29(31)33)22-24-16-14-19-26(21-24)36-25-17-11-10-12-18-25;1-4-6-7-8-9-13-20-35-31(34)29-23(3)28(32-27(15-5-2)30(29)33)22-24-16-14-19-26(21-24)36-25-17-11-10-12-18-25/h10-12,14,16-19,21,29,33H,4-9,13,15,20,22H2,1-3H3,(H,34,35);10-12,14,16-19,21,33H,4-9,13,15,20,22H2,1-3H3. The maximum atomic E-state index is 13.0. The van der Waals surface area contributed by atoms with Gasteiger partial charge in [-0.05, 0) is 110 Å². The van der Waals surface area contributed by atoms with Gasteiger partial charge in [-0.3, -0.25) is 14.8 Å². The predicted octanol–water partition coefficient (Wildman–Crippen LogP) is 15.7. The molecule has 0 saturated carbocycles. The maximum Gasteiger partial charge on any atom is 0.342 e. The number of rotatable bonds is 28. The summed E-state index contributed by atoms with van der Waals surface area (Å²) in [5, 5.41) is 32.7. The number of para-hydroxylation sites is 2. The minimum atomic E-state index is -1.33. The minimum absolute atomic E-state index is 0.0489. The molecule has 3 N–H and O–H groups in total. The zero-order valence-electron chi connectivity index (χ0n) is 43.9. The van der Waals surface area contributed by atoms with Crippen molar-refractivity contribution in [3.8, 4) is 28.7 Å². The second-order valence-electron chi connectivity index (χ2n) is 19.1. The molecule has 1 aliphatic heterocycles. The first-order valence-corrected chi connectivity index (χ1v) is 26.7. The zero-order chi connectivity index (χ0) is 51.7. The van der Waals surface area contributed by atoms with Gasteiger partial charge < -0.3 is 29.5 Å². The molecule has 1 aromatic heterocycles. The predicted molar refractivity (Wildman–Crippen MR) is 290 cm³/mol. The van der Waals surface area contributed by atoms with Crippen molar-refractivity contribution < 1.29 is 39.1 Å². The van der Waals surface area contributed by atoms with E-state index in [0.29, 0.717) is 61.3 Å². The number of hydrogen-bond acceptors (Lipinski definition) is 9. The Morgan fingerprint density at radius 1 is 0.597 bits per heavy atom. The fourth-order valence-electron chi connectivity index (χ4n) is 9.37. The van der Waals surface area contributed by atoms with E-state index in [2.05, 4.69) is 13.8 Å². The van der Waals surface area contributed by atoms with Gasteiger partial charge in [0, 0.05) is 29.9 Å². The number of hydrogen-bond donors (Lipinski definition) is 3. The Labute approximate surface area is 429 Å². The van der Waals surface area contributed by atoms with Crippen LogP contribution in [0.3, 0.4) is 0 Å². The molecule has 0 amide bonds. The molecule has 4 aromatic carbocycles. The number of ether oxygens (including phenoxy) is 3. The highest BCUT2D eigenvalue weighted by Gasteiger charge is 2.51. The summed E-state index contributed by atoms with van der Waals surface area (Å²) in [6.07, 6.45) is 16.2. The van der Waals surface area contributed by atoms with E-state index in [4.69, 9.17) is 24.2 Å². The van der Waals surface area contributed by atoms with Crippen molar-refractivity contribution in [2.45, 2.75) is 170 Å². The number of benzene rings is 4. The van der Waals surface area contributed by atoms with Gasteiger partial charge in [-0.1, -0.05) is 172 Å². The lowest BCUT2D eigenvalue weighted by Crippen LogP contribution is -2.50. The van der Waals surface area contributed by atoms with Crippen molar-refractivity contribution in [2.24, 2.45) is 10.4 Å². The van der Waals surface area contributed by atoms with E-state index in [1.807, 2.05) is 137 Å². The number of aliphatic imine (C=N–C) groups is 1. The highest BCUT2D eigenvalue weighted by molar-refractivity contribution is 5.98. The van der Waals surface area contributed by atoms with E-state index in [0.717, 1.165) is 96.9 Å². The van der Waals surface area contributed by atoms with Crippen molar-refractivity contribution in [3.05, 3.63) is 154 Å². The number of esters is 1. The molecule has 2 atom stereocenters. The van der Waals surface area contributed by atoms with Crippen LogP contribution in [0.25, 0.3) is 0 Å². The molecule has 1 aliphatic rings. The van der Waals surface area contributed by atoms with Gasteiger partial charge in [0.25, 0.3) is 0 Å². The molecule has 386 valence electrons. The summed E-state index contributed by atoms with van der Waals surface area (Å²) < 4.78 is 17.6. The second-order valence-corrected chi connectivity index (χ2v) is 19.1. The van der Waals surface area contributed by atoms with Crippen molar-refractivity contribution in [2.75, 3.05) is 6.61 Å². The highest BCUT2D eigenvalue weighted by Crippen LogP contribution is 2.44. The Kier molecular flexibility index (Phi) is 23.6. The van der Waals surface area contributed by atoms with Crippen molar-refractivity contribution in [1.82, 2.24) is 4.98 Å². The van der Waals surface area contributed by atoms with Crippen LogP contribution in [-0.2, 0) is 28.8 Å². The van der Waals surface area contributed by atoms with Gasteiger partial charge in [0.2, 0.25) is 0 Å². The topological polar surface area (TPSA) is 148 Å². The molecule has 0 bridgehead atoms. The largest absolute Gasteiger partial charge is 0.505 e. The Bertz CT molecular complexity index is 2520. The van der Waals surface area contributed by atoms with Crippen molar-refractivity contribution >= 4 is 17.7 Å². The third-order valence-electron chi connectivity index (χ3n) is 13.5. The molecule has 2 unspecified atom stereocenters. The number of carboxylic acid groups (broad SMARTS) is 1. The molecule has 10 nitrogen and oxygen atoms in total. The maximum absolute atomic E-state index is 13.0. The van der Waals surface area contributed by atoms with Crippen molar-refractivity contribution in [1.29, 1.82) is 0 Å². The lowest BCUT2D eigenvalue weighted by Gasteiger charge is -2.40. The van der Waals surface area contributed by atoms with E-state index in [1.54, 1.807) is 0 Å². The number of aromatic nitrogens is 1. The fourth-order valence-corrected chi connectivity index (χ4v) is 9.37. The monoisotopic (exact) mass is 981 g/mol. The van der Waals surface area contributed by atoms with Gasteiger partial charge in [-0.2, -0.15) is 0 Å². The van der Waals surface area contributed by atoms with Gasteiger partial charge in [-0.25, -0.2) is 4.79 Å². The molecule has 6 rings (SSSR count). The summed E-state index contributed by atoms with van der Waals surface area (Å²) in [6.45, 7) is 12.5. The summed E-state index contributed by atoms with van der Waals surface area (Å²) in [5.74, 6) is 1.52. The van der Waals surface area contributed by atoms with E-state index in [9.17, 15) is 24.9 Å². The van der Waals surface area contributed by atoms with Crippen LogP contribution in [0.4, 0.5) is 0 Å². The number of carboxylic acids is 1. The fraction of sp³-hybridized carbons (Fsp3) is 0.452. The Balaban J connectivity index is 0.000000267. The quantitative estimate of drug-likeness (QED) is 0.0329. The summed E-state index contributed by atoms with van der Waals surface area (Å²) in [7, 11) is 0. The molecular weight excluding hydrogens is 901 g/mol. The zero-order valence-corrected chi connectivity index (χ0v) is 43.9. The lowest BCUT2D eigenvalue weighted by atomic mass is 9.67. The molecule has 2 heterocycles. The Hall–Kier alpha value is -6.26. The number of unbranched alkanes of at least 4 members (excludes halogenated alkanes) is 10. The number of allylic oxidation sites excluding steroid dienone is 1. The van der Waals surface area contributed by atoms with Gasteiger partial charge >= 0.3 is 11.9 Å². The second kappa shape index (κ2) is 29.9. The minimum Gasteiger partial charge on any atom is -0.505 e. The summed E-state index contributed by atoms with van der Waals surface area (Å²) in [5.41, 5.74) is 4.89. The van der Waals surface area contributed by atoms with Gasteiger partial charge in [0.1, 0.15) is 40.1 Å². The average molecular weight is 981 g/mol. The number of aliphatic hydroxyl groups excluding tert-OH is 1. The van der Waals surface area contributed by atoms with E-state index >= 15 is 0 Å². The number of carbonyl (C=O) groups excluding carboxylic acids is 1. The van der Waals surface area contributed by atoms with Crippen LogP contribution < -0.4 is 9.47 Å². The van der Waals surface area contributed by atoms with Gasteiger partial charge in [0.05, 0.1) is 12.3 Å². The summed E-state index contributed by atoms with van der Waals surface area (Å²) in [6, 6.07) is 35.0. The van der Waals surface area contributed by atoms with E-state index < -0.39 is 23.5 Å². The lowest BCUT2D eigenvalue weighted by molar-refractivity contribution is -0.151. The van der Waals surface area contributed by atoms with Gasteiger partial charge in [-0.15, -0.1) is 0 Å². The molecule has 0 spiro atoms. The van der Waals surface area contributed by atoms with Crippen LogP contribution in [0.1, 0.15) is 176 Å². The highest BCUT2D eigenvalue weighted by atomic mass is 16.5. The smallest absolute Gasteiger partial charge is 0.342 e. The molecule has 0 saturated heterocycles. The van der Waals surface area contributed by atoms with Crippen LogP contribution in [0.2, 0.25) is 0 Å². The third kappa shape index (κ3) is 16.4. The van der Waals surface area contributed by atoms with Gasteiger partial charge in [0.15, 0.2) is 5.75 Å². The number of pyridine rings is 1.